The third kappa shape index (κ3) is 3.92. The molecule has 0 amide bonds. The van der Waals surface area contributed by atoms with Gasteiger partial charge in [0.1, 0.15) is 0 Å². The molecule has 0 spiro atoms. The summed E-state index contributed by atoms with van der Waals surface area (Å²) in [6, 6.07) is 0. The van der Waals surface area contributed by atoms with Crippen molar-refractivity contribution in [3.8, 4) is 0 Å². The fraction of sp³-hybridized carbons (Fsp3) is 1.00. The van der Waals surface area contributed by atoms with Gasteiger partial charge in [-0.3, -0.25) is 0 Å². The summed E-state index contributed by atoms with van der Waals surface area (Å²) in [5, 5.41) is 0. The van der Waals surface area contributed by atoms with Crippen molar-refractivity contribution in [1.82, 2.24) is 0 Å². The Kier molecular flexibility index (Phi) is 4.07. The maximum Gasteiger partial charge on any atom is 0.0379 e. The molecule has 58 valence electrons. The van der Waals surface area contributed by atoms with E-state index in [-0.39, 0.29) is 7.43 Å². The van der Waals surface area contributed by atoms with E-state index >= 15 is 0 Å². The van der Waals surface area contributed by atoms with Crippen molar-refractivity contribution in [3.05, 3.63) is 0 Å². The molecule has 0 radical (unpaired) electrons. The molecule has 0 saturated carbocycles. The van der Waals surface area contributed by atoms with Gasteiger partial charge in [0.2, 0.25) is 0 Å². The summed E-state index contributed by atoms with van der Waals surface area (Å²) >= 11 is 0. The van der Waals surface area contributed by atoms with Crippen LogP contribution in [-0.2, 0) is 0 Å². The first-order valence-corrected chi connectivity index (χ1v) is 11.2. The van der Waals surface area contributed by atoms with E-state index in [1.54, 1.807) is 0 Å². The second-order valence-electron chi connectivity index (χ2n) is 4.50. The van der Waals surface area contributed by atoms with Gasteiger partial charge in [0.15, 0.2) is 0 Å². The molecule has 0 heterocycles. The zero-order valence-electron chi connectivity index (χ0n) is 7.00. The van der Waals surface area contributed by atoms with Gasteiger partial charge >= 0.3 is 0 Å². The van der Waals surface area contributed by atoms with Crippen molar-refractivity contribution in [2.24, 2.45) is 0 Å². The predicted molar refractivity (Wildman–Crippen MR) is 53.4 cm³/mol. The lowest BCUT2D eigenvalue weighted by Crippen LogP contribution is -2.49. The highest BCUT2D eigenvalue weighted by molar-refractivity contribution is 7.39. The second kappa shape index (κ2) is 3.01. The monoisotopic (exact) mass is 162 g/mol. The molecule has 0 rings (SSSR count). The summed E-state index contributed by atoms with van der Waals surface area (Å²) in [4.78, 5) is 0. The third-order valence-electron chi connectivity index (χ3n) is 2.25. The first-order valence-electron chi connectivity index (χ1n) is 3.25. The molecule has 0 aliphatic carbocycles. The highest BCUT2D eigenvalue weighted by atomic mass is 29.3. The van der Waals surface area contributed by atoms with E-state index in [0.717, 1.165) is 0 Å². The first kappa shape index (κ1) is 12.1. The molecule has 0 unspecified atom stereocenters. The Balaban J connectivity index is 0. The number of rotatable bonds is 1. The van der Waals surface area contributed by atoms with Gasteiger partial charge in [-0.1, -0.05) is 46.7 Å². The van der Waals surface area contributed by atoms with Crippen LogP contribution in [0.5, 0.6) is 0 Å². The Morgan fingerprint density at radius 3 is 0.667 bits per heavy atom. The van der Waals surface area contributed by atoms with E-state index in [9.17, 15) is 0 Å². The van der Waals surface area contributed by atoms with Gasteiger partial charge in [-0.05, 0) is 0 Å². The van der Waals surface area contributed by atoms with Crippen LogP contribution in [0.2, 0.25) is 39.3 Å². The molecule has 0 aliphatic rings. The molecular formula is C7H22Si2. The molecule has 0 aromatic heterocycles. The van der Waals surface area contributed by atoms with Crippen LogP contribution in [0, 0.1) is 0 Å². The topological polar surface area (TPSA) is 0 Å². The van der Waals surface area contributed by atoms with Gasteiger partial charge in [-0.15, -0.1) is 0 Å². The fourth-order valence-corrected chi connectivity index (χ4v) is 0. The molecule has 0 nitrogen and oxygen atoms in total. The Hall–Kier alpha value is 0.434. The quantitative estimate of drug-likeness (QED) is 0.519. The third-order valence-corrected chi connectivity index (χ3v) is 20.2. The van der Waals surface area contributed by atoms with Gasteiger partial charge in [-0.2, -0.15) is 0 Å². The van der Waals surface area contributed by atoms with Gasteiger partial charge < -0.3 is 0 Å². The summed E-state index contributed by atoms with van der Waals surface area (Å²) in [5.41, 5.74) is 0. The Bertz CT molecular complexity index is 61.9. The first-order chi connectivity index (χ1) is 3.25. The smallest absolute Gasteiger partial charge is 0.0379 e. The minimum atomic E-state index is -0.720. The highest BCUT2D eigenvalue weighted by Crippen LogP contribution is 2.16. The molecule has 0 aromatic rings. The van der Waals surface area contributed by atoms with Crippen molar-refractivity contribution < 1.29 is 0 Å². The normalized spacial score (nSPS) is 12.7. The van der Waals surface area contributed by atoms with Crippen LogP contribution in [0.4, 0.5) is 0 Å². The Labute approximate surface area is 62.5 Å². The van der Waals surface area contributed by atoms with E-state index in [1.807, 2.05) is 0 Å². The molecule has 0 atom stereocenters. The lowest BCUT2D eigenvalue weighted by Gasteiger charge is -2.30. The average Bonchev–Trinajstić information content (AvgIpc) is 1.25. The standard InChI is InChI=1S/C6H18Si2.CH4/c1-7(2,3)8(4,5)6;/h1-6H3;1H4. The van der Waals surface area contributed by atoms with Crippen molar-refractivity contribution in [2.75, 3.05) is 0 Å². The van der Waals surface area contributed by atoms with Crippen molar-refractivity contribution in [2.45, 2.75) is 46.7 Å². The van der Waals surface area contributed by atoms with Gasteiger partial charge in [-0.25, -0.2) is 0 Å². The molecule has 2 heteroatoms. The van der Waals surface area contributed by atoms with Gasteiger partial charge in [0.25, 0.3) is 0 Å². The minimum absolute atomic E-state index is 0. The maximum absolute atomic E-state index is 2.47. The lowest BCUT2D eigenvalue weighted by atomic mass is 11.8. The van der Waals surface area contributed by atoms with Gasteiger partial charge in [0.05, 0.1) is 0 Å². The summed E-state index contributed by atoms with van der Waals surface area (Å²) in [6.45, 7) is 14.8. The molecule has 0 aliphatic heterocycles. The molecular weight excluding hydrogens is 140 g/mol. The van der Waals surface area contributed by atoms with Crippen LogP contribution in [0.15, 0.2) is 0 Å². The van der Waals surface area contributed by atoms with Crippen molar-refractivity contribution in [1.29, 1.82) is 0 Å². The highest BCUT2D eigenvalue weighted by Gasteiger charge is 2.31. The number of hydrogen-bond acceptors (Lipinski definition) is 0. The van der Waals surface area contributed by atoms with E-state index < -0.39 is 15.2 Å². The zero-order chi connectivity index (χ0) is 7.00. The van der Waals surface area contributed by atoms with Crippen LogP contribution in [0.25, 0.3) is 0 Å². The lowest BCUT2D eigenvalue weighted by molar-refractivity contribution is 1.71. The Morgan fingerprint density at radius 1 is 0.556 bits per heavy atom. The summed E-state index contributed by atoms with van der Waals surface area (Å²) in [7, 11) is -1.44. The predicted octanol–water partition coefficient (Wildman–Crippen LogP) is 3.38. The maximum atomic E-state index is 2.47. The van der Waals surface area contributed by atoms with Crippen LogP contribution in [-0.4, -0.2) is 15.2 Å². The summed E-state index contributed by atoms with van der Waals surface area (Å²) in [6.07, 6.45) is 0. The fourth-order valence-electron chi connectivity index (χ4n) is 0. The number of hydrogen-bond donors (Lipinski definition) is 0. The zero-order valence-corrected chi connectivity index (χ0v) is 9.00. The van der Waals surface area contributed by atoms with E-state index in [2.05, 4.69) is 39.3 Å². The van der Waals surface area contributed by atoms with Crippen LogP contribution in [0.3, 0.4) is 0 Å². The SMILES string of the molecule is C.C[Si](C)(C)[Si](C)(C)C. The van der Waals surface area contributed by atoms with Crippen LogP contribution >= 0.6 is 0 Å². The second-order valence-corrected chi connectivity index (χ2v) is 22.5. The van der Waals surface area contributed by atoms with E-state index in [4.69, 9.17) is 0 Å². The average molecular weight is 162 g/mol. The van der Waals surface area contributed by atoms with Crippen LogP contribution in [0.1, 0.15) is 7.43 Å². The van der Waals surface area contributed by atoms with E-state index in [1.165, 1.54) is 0 Å². The summed E-state index contributed by atoms with van der Waals surface area (Å²) in [5.74, 6) is 0. The molecule has 9 heavy (non-hydrogen) atoms. The summed E-state index contributed by atoms with van der Waals surface area (Å²) < 4.78 is 0. The molecule has 0 fully saturated rings. The largest absolute Gasteiger partial charge is 0.0776 e. The molecule has 0 bridgehead atoms. The van der Waals surface area contributed by atoms with Gasteiger partial charge in [0, 0.05) is 15.2 Å². The van der Waals surface area contributed by atoms with Crippen LogP contribution < -0.4 is 0 Å². The minimum Gasteiger partial charge on any atom is -0.0776 e. The van der Waals surface area contributed by atoms with Crippen molar-refractivity contribution in [3.63, 3.8) is 0 Å². The molecule has 0 saturated heterocycles. The van der Waals surface area contributed by atoms with Crippen molar-refractivity contribution >= 4 is 15.2 Å². The molecule has 0 N–H and O–H groups in total. The van der Waals surface area contributed by atoms with E-state index in [0.29, 0.717) is 0 Å². The Morgan fingerprint density at radius 2 is 0.667 bits per heavy atom. The molecule has 0 aromatic carbocycles.